The lowest BCUT2D eigenvalue weighted by Gasteiger charge is -2.28. The van der Waals surface area contributed by atoms with Gasteiger partial charge in [-0.3, -0.25) is 52.9 Å². The summed E-state index contributed by atoms with van der Waals surface area (Å²) in [6.07, 6.45) is 5.72. The number of imidazole rings is 1. The highest BCUT2D eigenvalue weighted by Gasteiger charge is 2.35. The molecule has 0 bridgehead atoms. The Balaban J connectivity index is 0.00000317. The highest BCUT2D eigenvalue weighted by atomic mass is 16.4. The molecule has 1 saturated heterocycles. The van der Waals surface area contributed by atoms with Crippen LogP contribution in [0, 0.1) is 0 Å². The number of aromatic amines is 2. The van der Waals surface area contributed by atoms with E-state index in [1.165, 1.54) is 19.4 Å². The van der Waals surface area contributed by atoms with Gasteiger partial charge in [-0.25, -0.2) is 4.98 Å². The van der Waals surface area contributed by atoms with E-state index in [1.807, 2.05) is 31.2 Å². The van der Waals surface area contributed by atoms with Crippen LogP contribution in [0.5, 0.6) is 0 Å². The number of para-hydroxylation sites is 1. The third-order valence-electron chi connectivity index (χ3n) is 12.3. The minimum Gasteiger partial charge on any atom is -0.481 e. The van der Waals surface area contributed by atoms with Gasteiger partial charge in [0.1, 0.15) is 42.3 Å². The van der Waals surface area contributed by atoms with E-state index in [4.69, 9.17) is 27.1 Å². The Morgan fingerprint density at radius 1 is 0.756 bits per heavy atom. The molecule has 1 aliphatic heterocycles. The van der Waals surface area contributed by atoms with E-state index in [0.717, 1.165) is 17.8 Å². The summed E-state index contributed by atoms with van der Waals surface area (Å²) in [4.78, 5) is 148. The number of nitrogens with one attached hydrogen (secondary N) is 10. The lowest BCUT2D eigenvalue weighted by Crippen LogP contribution is -2.61. The smallest absolute Gasteiger partial charge is 0.300 e. The molecule has 7 unspecified atom stereocenters. The van der Waals surface area contributed by atoms with Crippen molar-refractivity contribution in [3.63, 3.8) is 0 Å². The molecule has 17 N–H and O–H groups in total. The number of hydrogen-bond acceptors (Lipinski definition) is 12. The first-order valence-electron chi connectivity index (χ1n) is 25.7. The molecule has 78 heavy (non-hydrogen) atoms. The van der Waals surface area contributed by atoms with E-state index in [-0.39, 0.29) is 76.8 Å². The zero-order valence-corrected chi connectivity index (χ0v) is 44.0. The summed E-state index contributed by atoms with van der Waals surface area (Å²) in [7, 11) is 0. The second kappa shape index (κ2) is 31.9. The number of aromatic nitrogens is 3. The average molecular weight is 1080 g/mol. The molecule has 1 aliphatic rings. The maximum atomic E-state index is 14.7. The molecule has 422 valence electrons. The lowest BCUT2D eigenvalue weighted by molar-refractivity contribution is -0.136. The monoisotopic (exact) mass is 1080 g/mol. The number of rotatable bonds is 17. The number of hydrogen-bond donors (Lipinski definition) is 14. The molecule has 0 spiro atoms. The SMILES string of the molecule is CC(=O)O.CCCCC(NC(C)=O)C(=O)NC1CC(=O)NCCCCC(C(N)=O)NC(=O)C(Cc2c[nH]c3ccccc23)NC(=O)C(CCCN=C(N)N)NC(=O)C(Cc2ccccc2)NC(=O)C(Cc2cnc[nH]2)NC1=O. The van der Waals surface area contributed by atoms with Crippen molar-refractivity contribution in [3.05, 3.63) is 90.1 Å². The molecule has 0 saturated carbocycles. The first kappa shape index (κ1) is 61.7. The van der Waals surface area contributed by atoms with Crippen LogP contribution in [0.15, 0.2) is 78.3 Å². The maximum absolute atomic E-state index is 14.7. The lowest BCUT2D eigenvalue weighted by atomic mass is 10.0. The highest BCUT2D eigenvalue weighted by molar-refractivity contribution is 5.99. The zero-order valence-electron chi connectivity index (χ0n) is 44.0. The van der Waals surface area contributed by atoms with Gasteiger partial charge in [-0.2, -0.15) is 0 Å². The number of H-pyrrole nitrogens is 2. The number of aliphatic imine (C=N–C) groups is 1. The maximum Gasteiger partial charge on any atom is 0.300 e. The van der Waals surface area contributed by atoms with Gasteiger partial charge in [0.15, 0.2) is 5.96 Å². The van der Waals surface area contributed by atoms with E-state index in [2.05, 4.69) is 62.5 Å². The summed E-state index contributed by atoms with van der Waals surface area (Å²) in [5.41, 5.74) is 19.4. The van der Waals surface area contributed by atoms with Crippen molar-refractivity contribution in [3.8, 4) is 0 Å². The minimum absolute atomic E-state index is 0.0408. The highest BCUT2D eigenvalue weighted by Crippen LogP contribution is 2.20. The fraction of sp³-hybridized carbons (Fsp3) is 0.462. The number of carboxylic acid groups (broad SMARTS) is 1. The standard InChI is InChI=1S/C50H69N15O9.C2H4O2/c1-3-4-16-36(59-29(2)66)44(69)65-41-25-42(67)55-20-11-10-18-35(43(51)68)60-47(72)39(23-31-26-57-34-17-9-8-15-33(31)34)63-45(70)37(19-12-21-56-50(52)53)61-46(71)38(22-30-13-6-5-7-14-30)62-48(73)40(64-49(41)74)24-32-27-54-28-58-32;1-2(3)4/h5-9,13-15,17,26-28,35-41,57H,3-4,10-12,16,18-25H2,1-2H3,(H2,51,68)(H,54,58)(H,55,67)(H,59,66)(H,60,72)(H,61,71)(H,62,73)(H,63,70)(H,64,74)(H,65,69)(H4,52,53,56);1H3,(H,3,4). The number of nitrogens with two attached hydrogens (primary N) is 3. The fourth-order valence-corrected chi connectivity index (χ4v) is 8.40. The predicted molar refractivity (Wildman–Crippen MR) is 287 cm³/mol. The van der Waals surface area contributed by atoms with Crippen LogP contribution in [0.3, 0.4) is 0 Å². The van der Waals surface area contributed by atoms with Crippen molar-refractivity contribution >= 4 is 76.0 Å². The summed E-state index contributed by atoms with van der Waals surface area (Å²) in [5.74, 6) is -7.93. The molecule has 4 aromatic rings. The van der Waals surface area contributed by atoms with Crippen molar-refractivity contribution in [2.45, 2.75) is 140 Å². The van der Waals surface area contributed by atoms with Gasteiger partial charge in [-0.1, -0.05) is 68.3 Å². The van der Waals surface area contributed by atoms with Gasteiger partial charge in [0.2, 0.25) is 53.2 Å². The van der Waals surface area contributed by atoms with Gasteiger partial charge in [0, 0.05) is 75.2 Å². The first-order chi connectivity index (χ1) is 37.2. The molecule has 3 heterocycles. The van der Waals surface area contributed by atoms with Gasteiger partial charge in [0.25, 0.3) is 5.97 Å². The second-order valence-corrected chi connectivity index (χ2v) is 18.7. The number of primary amides is 1. The number of amides is 9. The molecule has 9 amide bonds. The largest absolute Gasteiger partial charge is 0.481 e. The molecule has 1 fully saturated rings. The molecule has 5 rings (SSSR count). The number of benzene rings is 2. The molecule has 7 atom stereocenters. The van der Waals surface area contributed by atoms with Crippen LogP contribution < -0.4 is 59.7 Å². The van der Waals surface area contributed by atoms with Crippen LogP contribution in [0.2, 0.25) is 0 Å². The van der Waals surface area contributed by atoms with Gasteiger partial charge < -0.3 is 74.8 Å². The van der Waals surface area contributed by atoms with Crippen molar-refractivity contribution in [1.29, 1.82) is 0 Å². The Bertz CT molecular complexity index is 2690. The number of unbranched alkanes of at least 4 members (excludes halogenated alkanes) is 1. The van der Waals surface area contributed by atoms with Gasteiger partial charge in [-0.05, 0) is 55.7 Å². The van der Waals surface area contributed by atoms with Crippen LogP contribution in [0.4, 0.5) is 0 Å². The van der Waals surface area contributed by atoms with Crippen molar-refractivity contribution in [2.75, 3.05) is 13.1 Å². The third-order valence-corrected chi connectivity index (χ3v) is 12.3. The van der Waals surface area contributed by atoms with Gasteiger partial charge >= 0.3 is 0 Å². The van der Waals surface area contributed by atoms with Crippen molar-refractivity contribution in [2.24, 2.45) is 22.2 Å². The van der Waals surface area contributed by atoms with Gasteiger partial charge in [-0.15, -0.1) is 0 Å². The van der Waals surface area contributed by atoms with E-state index in [0.29, 0.717) is 29.7 Å². The normalized spacial score (nSPS) is 20.6. The molecule has 2 aromatic carbocycles. The second-order valence-electron chi connectivity index (χ2n) is 18.7. The minimum atomic E-state index is -1.58. The Morgan fingerprint density at radius 3 is 2.01 bits per heavy atom. The average Bonchev–Trinajstić information content (AvgIpc) is 4.07. The summed E-state index contributed by atoms with van der Waals surface area (Å²) in [6, 6.07) is 6.67. The number of carboxylic acids is 1. The topological polar surface area (TPSA) is 422 Å². The Kier molecular flexibility index (Phi) is 25.2. The number of carbonyl (C=O) groups excluding carboxylic acids is 9. The van der Waals surface area contributed by atoms with Gasteiger partial charge in [0.05, 0.1) is 12.7 Å². The molecular formula is C52H73N15O11. The van der Waals surface area contributed by atoms with Crippen molar-refractivity contribution in [1.82, 2.24) is 57.5 Å². The zero-order chi connectivity index (χ0) is 57.1. The summed E-state index contributed by atoms with van der Waals surface area (Å²) >= 11 is 0. The fourth-order valence-electron chi connectivity index (χ4n) is 8.40. The molecule has 0 aliphatic carbocycles. The summed E-state index contributed by atoms with van der Waals surface area (Å²) < 4.78 is 0. The molecular weight excluding hydrogens is 1010 g/mol. The van der Waals surface area contributed by atoms with E-state index in [9.17, 15) is 43.2 Å². The first-order valence-corrected chi connectivity index (χ1v) is 25.7. The Hall–Kier alpha value is -8.84. The van der Waals surface area contributed by atoms with E-state index >= 15 is 0 Å². The van der Waals surface area contributed by atoms with Crippen LogP contribution in [0.25, 0.3) is 10.9 Å². The van der Waals surface area contributed by atoms with Crippen LogP contribution >= 0.6 is 0 Å². The van der Waals surface area contributed by atoms with Crippen LogP contribution in [-0.4, -0.2) is 141 Å². The van der Waals surface area contributed by atoms with Crippen molar-refractivity contribution < 1.29 is 53.1 Å². The Labute approximate surface area is 450 Å². The molecule has 2 aromatic heterocycles. The number of fused-ring (bicyclic) bond motifs is 1. The number of carbonyl (C=O) groups is 10. The number of guanidine groups is 1. The summed E-state index contributed by atoms with van der Waals surface area (Å²) in [6.45, 7) is 4.34. The number of aliphatic carboxylic acids is 1. The van der Waals surface area contributed by atoms with E-state index < -0.39 is 108 Å². The predicted octanol–water partition coefficient (Wildman–Crippen LogP) is -1.16. The molecule has 0 radical (unpaired) electrons. The Morgan fingerprint density at radius 2 is 1.37 bits per heavy atom. The quantitative estimate of drug-likeness (QED) is 0.0337. The number of nitrogens with zero attached hydrogens (tertiary/aromatic N) is 2. The van der Waals surface area contributed by atoms with E-state index in [1.54, 1.807) is 36.5 Å². The molecule has 26 nitrogen and oxygen atoms in total. The third kappa shape index (κ3) is 21.4. The van der Waals surface area contributed by atoms with Crippen LogP contribution in [0.1, 0.15) is 95.4 Å². The molecule has 26 heteroatoms. The van der Waals surface area contributed by atoms with Crippen LogP contribution in [-0.2, 0) is 67.2 Å². The summed E-state index contributed by atoms with van der Waals surface area (Å²) in [5, 5.41) is 29.8.